The Kier molecular flexibility index (Phi) is 5.92. The van der Waals surface area contributed by atoms with Gasteiger partial charge in [-0.25, -0.2) is 16.8 Å². The van der Waals surface area contributed by atoms with Crippen LogP contribution in [0.5, 0.6) is 0 Å². The average Bonchev–Trinajstić information content (AvgIpc) is 3.05. The van der Waals surface area contributed by atoms with Crippen LogP contribution in [0.4, 0.5) is 5.69 Å². The highest BCUT2D eigenvalue weighted by Crippen LogP contribution is 2.29. The Bertz CT molecular complexity index is 906. The van der Waals surface area contributed by atoms with Crippen molar-refractivity contribution >= 4 is 48.7 Å². The van der Waals surface area contributed by atoms with Crippen molar-refractivity contribution in [2.75, 3.05) is 17.8 Å². The fourth-order valence-electron chi connectivity index (χ4n) is 2.09. The van der Waals surface area contributed by atoms with Gasteiger partial charge in [-0.15, -0.1) is 11.3 Å². The van der Waals surface area contributed by atoms with Gasteiger partial charge in [0.1, 0.15) is 9.10 Å². The molecule has 0 amide bonds. The highest BCUT2D eigenvalue weighted by Gasteiger charge is 2.25. The normalized spacial score (nSPS) is 12.5. The van der Waals surface area contributed by atoms with E-state index in [2.05, 4.69) is 4.72 Å². The summed E-state index contributed by atoms with van der Waals surface area (Å²) in [5.74, 6) is 0. The zero-order valence-corrected chi connectivity index (χ0v) is 16.3. The topological polar surface area (TPSA) is 83.6 Å². The van der Waals surface area contributed by atoms with Gasteiger partial charge in [0.2, 0.25) is 10.0 Å². The van der Waals surface area contributed by atoms with E-state index in [1.165, 1.54) is 28.6 Å². The molecule has 1 aromatic heterocycles. The predicted octanol–water partition coefficient (Wildman–Crippen LogP) is 3.23. The molecular weight excluding hydrogens is 392 g/mol. The highest BCUT2D eigenvalue weighted by atomic mass is 35.5. The molecular formula is C14H17ClN2O4S3. The maximum Gasteiger partial charge on any atom is 0.271 e. The van der Waals surface area contributed by atoms with E-state index in [0.717, 1.165) is 11.3 Å². The van der Waals surface area contributed by atoms with Crippen molar-refractivity contribution in [3.8, 4) is 0 Å². The van der Waals surface area contributed by atoms with Crippen molar-refractivity contribution in [3.63, 3.8) is 0 Å². The molecule has 0 radical (unpaired) electrons. The summed E-state index contributed by atoms with van der Waals surface area (Å²) >= 11 is 7.10. The number of anilines is 1. The SMILES string of the molecule is CCN(CC)S(=O)(=O)c1cc(NS(=O)(=O)c2cccs2)ccc1Cl. The van der Waals surface area contributed by atoms with E-state index in [1.54, 1.807) is 25.3 Å². The summed E-state index contributed by atoms with van der Waals surface area (Å²) < 4.78 is 53.6. The molecule has 0 fully saturated rings. The number of benzene rings is 1. The lowest BCUT2D eigenvalue weighted by molar-refractivity contribution is 0.445. The summed E-state index contributed by atoms with van der Waals surface area (Å²) in [4.78, 5) is -0.126. The molecule has 2 rings (SSSR count). The summed E-state index contributed by atoms with van der Waals surface area (Å²) in [5.41, 5.74) is 0.138. The molecule has 0 aliphatic rings. The first-order valence-electron chi connectivity index (χ1n) is 7.08. The highest BCUT2D eigenvalue weighted by molar-refractivity contribution is 7.94. The molecule has 10 heteroatoms. The third kappa shape index (κ3) is 3.92. The van der Waals surface area contributed by atoms with Crippen LogP contribution in [-0.4, -0.2) is 34.2 Å². The van der Waals surface area contributed by atoms with E-state index in [-0.39, 0.29) is 19.8 Å². The molecule has 0 unspecified atom stereocenters. The molecule has 1 N–H and O–H groups in total. The first-order chi connectivity index (χ1) is 11.2. The second-order valence-corrected chi connectivity index (χ2v) is 9.94. The molecule has 1 heterocycles. The molecule has 132 valence electrons. The molecule has 0 atom stereocenters. The lowest BCUT2D eigenvalue weighted by Gasteiger charge is -2.19. The van der Waals surface area contributed by atoms with Crippen molar-refractivity contribution in [1.82, 2.24) is 4.31 Å². The molecule has 2 aromatic rings. The summed E-state index contributed by atoms with van der Waals surface area (Å²) in [6, 6.07) is 7.12. The van der Waals surface area contributed by atoms with Gasteiger partial charge in [0.15, 0.2) is 0 Å². The number of halogens is 1. The van der Waals surface area contributed by atoms with E-state index in [1.807, 2.05) is 0 Å². The standard InChI is InChI=1S/C14H17ClN2O4S3/c1-3-17(4-2)24(20,21)13-10-11(7-8-12(13)15)16-23(18,19)14-6-5-9-22-14/h5-10,16H,3-4H2,1-2H3. The maximum absolute atomic E-state index is 12.6. The molecule has 0 saturated carbocycles. The van der Waals surface area contributed by atoms with E-state index in [9.17, 15) is 16.8 Å². The number of thiophene rings is 1. The van der Waals surface area contributed by atoms with Crippen LogP contribution in [0.25, 0.3) is 0 Å². The maximum atomic E-state index is 12.6. The summed E-state index contributed by atoms with van der Waals surface area (Å²) in [5, 5.41) is 1.69. The Morgan fingerprint density at radius 3 is 2.33 bits per heavy atom. The van der Waals surface area contributed by atoms with Gasteiger partial charge in [0.05, 0.1) is 10.7 Å². The second kappa shape index (κ2) is 7.40. The van der Waals surface area contributed by atoms with Crippen molar-refractivity contribution in [2.45, 2.75) is 23.0 Å². The van der Waals surface area contributed by atoms with Crippen LogP contribution >= 0.6 is 22.9 Å². The Morgan fingerprint density at radius 2 is 1.79 bits per heavy atom. The van der Waals surface area contributed by atoms with Crippen molar-refractivity contribution in [1.29, 1.82) is 0 Å². The quantitative estimate of drug-likeness (QED) is 0.762. The van der Waals surface area contributed by atoms with Crippen LogP contribution < -0.4 is 4.72 Å². The van der Waals surface area contributed by atoms with Gasteiger partial charge in [-0.05, 0) is 29.6 Å². The molecule has 0 bridgehead atoms. The summed E-state index contributed by atoms with van der Waals surface area (Å²) in [6.45, 7) is 4.03. The molecule has 24 heavy (non-hydrogen) atoms. The number of hydrogen-bond acceptors (Lipinski definition) is 5. The Hall–Kier alpha value is -1.13. The minimum absolute atomic E-state index is 0.0426. The minimum atomic E-state index is -3.79. The fraction of sp³-hybridized carbons (Fsp3) is 0.286. The van der Waals surface area contributed by atoms with Gasteiger partial charge in [-0.3, -0.25) is 4.72 Å². The Labute approximate surface area is 151 Å². The zero-order chi connectivity index (χ0) is 18.0. The van der Waals surface area contributed by atoms with Gasteiger partial charge < -0.3 is 0 Å². The molecule has 0 aliphatic carbocycles. The minimum Gasteiger partial charge on any atom is -0.279 e. The van der Waals surface area contributed by atoms with Crippen molar-refractivity contribution in [3.05, 3.63) is 40.7 Å². The monoisotopic (exact) mass is 408 g/mol. The second-order valence-electron chi connectivity index (χ2n) is 4.77. The van der Waals surface area contributed by atoms with Crippen LogP contribution in [0.2, 0.25) is 5.02 Å². The van der Waals surface area contributed by atoms with Crippen LogP contribution in [0, 0.1) is 0 Å². The van der Waals surface area contributed by atoms with Crippen LogP contribution in [0.15, 0.2) is 44.8 Å². The molecule has 0 spiro atoms. The van der Waals surface area contributed by atoms with Gasteiger partial charge in [0, 0.05) is 13.1 Å². The Morgan fingerprint density at radius 1 is 1.12 bits per heavy atom. The van der Waals surface area contributed by atoms with Crippen LogP contribution in [-0.2, 0) is 20.0 Å². The smallest absolute Gasteiger partial charge is 0.271 e. The lowest BCUT2D eigenvalue weighted by atomic mass is 10.3. The van der Waals surface area contributed by atoms with Crippen LogP contribution in [0.3, 0.4) is 0 Å². The van der Waals surface area contributed by atoms with E-state index >= 15 is 0 Å². The predicted molar refractivity (Wildman–Crippen MR) is 96.7 cm³/mol. The number of nitrogens with zero attached hydrogens (tertiary/aromatic N) is 1. The number of nitrogens with one attached hydrogen (secondary N) is 1. The molecule has 1 aromatic carbocycles. The number of sulfonamides is 2. The summed E-state index contributed by atoms with van der Waals surface area (Å²) in [7, 11) is -7.55. The molecule has 6 nitrogen and oxygen atoms in total. The first-order valence-corrected chi connectivity index (χ1v) is 11.3. The fourth-order valence-corrected chi connectivity index (χ4v) is 6.09. The third-order valence-corrected chi connectivity index (χ3v) is 8.58. The Balaban J connectivity index is 2.43. The van der Waals surface area contributed by atoms with Gasteiger partial charge in [-0.2, -0.15) is 4.31 Å². The zero-order valence-electron chi connectivity index (χ0n) is 13.1. The van der Waals surface area contributed by atoms with E-state index < -0.39 is 20.0 Å². The van der Waals surface area contributed by atoms with Gasteiger partial charge in [-0.1, -0.05) is 31.5 Å². The van der Waals surface area contributed by atoms with Crippen LogP contribution in [0.1, 0.15) is 13.8 Å². The molecule has 0 saturated heterocycles. The third-order valence-electron chi connectivity index (χ3n) is 3.27. The van der Waals surface area contributed by atoms with E-state index in [4.69, 9.17) is 11.6 Å². The van der Waals surface area contributed by atoms with Gasteiger partial charge >= 0.3 is 0 Å². The number of hydrogen-bond donors (Lipinski definition) is 1. The number of rotatable bonds is 7. The lowest BCUT2D eigenvalue weighted by Crippen LogP contribution is -2.30. The van der Waals surface area contributed by atoms with E-state index in [0.29, 0.717) is 13.1 Å². The molecule has 0 aliphatic heterocycles. The summed E-state index contributed by atoms with van der Waals surface area (Å²) in [6.07, 6.45) is 0. The van der Waals surface area contributed by atoms with Crippen molar-refractivity contribution < 1.29 is 16.8 Å². The van der Waals surface area contributed by atoms with Crippen molar-refractivity contribution in [2.24, 2.45) is 0 Å². The first kappa shape index (κ1) is 19.2. The van der Waals surface area contributed by atoms with Gasteiger partial charge in [0.25, 0.3) is 10.0 Å². The largest absolute Gasteiger partial charge is 0.279 e. The average molecular weight is 409 g/mol.